The highest BCUT2D eigenvalue weighted by Gasteiger charge is 2.22. The van der Waals surface area contributed by atoms with Crippen LogP contribution < -0.4 is 15.1 Å². The lowest BCUT2D eigenvalue weighted by molar-refractivity contribution is -0.121. The molecule has 1 saturated heterocycles. The van der Waals surface area contributed by atoms with Crippen LogP contribution in [-0.4, -0.2) is 47.3 Å². The Hall–Kier alpha value is -4.00. The van der Waals surface area contributed by atoms with Gasteiger partial charge in [0, 0.05) is 62.5 Å². The molecule has 2 aromatic heterocycles. The van der Waals surface area contributed by atoms with E-state index in [-0.39, 0.29) is 5.91 Å². The number of amides is 1. The molecule has 7 nitrogen and oxygen atoms in total. The van der Waals surface area contributed by atoms with E-state index in [2.05, 4.69) is 79.8 Å². The predicted octanol–water partition coefficient (Wildman–Crippen LogP) is 4.60. The zero-order chi connectivity index (χ0) is 25.6. The van der Waals surface area contributed by atoms with Crippen molar-refractivity contribution in [1.29, 1.82) is 0 Å². The summed E-state index contributed by atoms with van der Waals surface area (Å²) in [4.78, 5) is 21.2. The first-order valence-electron chi connectivity index (χ1n) is 13.1. The first kappa shape index (κ1) is 24.7. The fraction of sp³-hybridized carbons (Fsp3) is 0.333. The molecule has 1 aliphatic heterocycles. The summed E-state index contributed by atoms with van der Waals surface area (Å²) in [5.74, 6) is 2.35. The Morgan fingerprint density at radius 1 is 0.838 bits per heavy atom. The van der Waals surface area contributed by atoms with Gasteiger partial charge in [-0.3, -0.25) is 4.79 Å². The minimum atomic E-state index is 0.0823. The number of rotatable bonds is 8. The molecular weight excluding hydrogens is 460 g/mol. The second kappa shape index (κ2) is 11.4. The number of hydrogen-bond donors (Lipinski definition) is 1. The van der Waals surface area contributed by atoms with Crippen LogP contribution in [0.4, 0.5) is 11.6 Å². The Kier molecular flexibility index (Phi) is 7.59. The summed E-state index contributed by atoms with van der Waals surface area (Å²) in [6, 6.07) is 23.0. The van der Waals surface area contributed by atoms with Crippen molar-refractivity contribution in [2.45, 2.75) is 33.2 Å². The first-order chi connectivity index (χ1) is 18.1. The molecule has 1 amide bonds. The van der Waals surface area contributed by atoms with E-state index in [1.54, 1.807) is 0 Å². The monoisotopic (exact) mass is 494 g/mol. The van der Waals surface area contributed by atoms with E-state index in [1.807, 2.05) is 32.2 Å². The summed E-state index contributed by atoms with van der Waals surface area (Å²) in [6.07, 6.45) is 3.18. The van der Waals surface area contributed by atoms with Crippen LogP contribution in [0.15, 0.2) is 72.9 Å². The van der Waals surface area contributed by atoms with Gasteiger partial charge in [-0.25, -0.2) is 4.98 Å². The maximum Gasteiger partial charge on any atom is 0.220 e. The summed E-state index contributed by atoms with van der Waals surface area (Å²) in [7, 11) is 0. The van der Waals surface area contributed by atoms with Gasteiger partial charge in [0.2, 0.25) is 5.91 Å². The van der Waals surface area contributed by atoms with Gasteiger partial charge in [0.05, 0.1) is 5.69 Å². The number of carbonyl (C=O) groups excluding carboxylic acids is 1. The maximum atomic E-state index is 11.9. The third-order valence-electron chi connectivity index (χ3n) is 6.75. The van der Waals surface area contributed by atoms with Gasteiger partial charge >= 0.3 is 0 Å². The molecule has 0 radical (unpaired) electrons. The van der Waals surface area contributed by atoms with Gasteiger partial charge in [-0.1, -0.05) is 74.5 Å². The molecule has 0 aliphatic carbocycles. The normalized spacial score (nSPS) is 13.8. The van der Waals surface area contributed by atoms with Crippen LogP contribution in [0.5, 0.6) is 0 Å². The average Bonchev–Trinajstić information content (AvgIpc) is 2.93. The minimum Gasteiger partial charge on any atom is -0.353 e. The molecule has 0 saturated carbocycles. The van der Waals surface area contributed by atoms with Crippen LogP contribution in [0, 0.1) is 5.92 Å². The van der Waals surface area contributed by atoms with Crippen molar-refractivity contribution < 1.29 is 4.79 Å². The Morgan fingerprint density at radius 2 is 1.54 bits per heavy atom. The van der Waals surface area contributed by atoms with Gasteiger partial charge in [-0.15, -0.1) is 5.10 Å². The Bertz CT molecular complexity index is 1330. The molecule has 0 bridgehead atoms. The number of aromatic nitrogens is 3. The lowest BCUT2D eigenvalue weighted by Crippen LogP contribution is -2.47. The molecule has 2 aromatic carbocycles. The van der Waals surface area contributed by atoms with Crippen LogP contribution in [0.25, 0.3) is 10.8 Å². The molecule has 1 N–H and O–H groups in total. The van der Waals surface area contributed by atoms with Crippen LogP contribution in [0.3, 0.4) is 0 Å². The van der Waals surface area contributed by atoms with Gasteiger partial charge in [-0.2, -0.15) is 5.10 Å². The van der Waals surface area contributed by atoms with Gasteiger partial charge in [0.1, 0.15) is 5.82 Å². The van der Waals surface area contributed by atoms with E-state index < -0.39 is 0 Å². The molecule has 0 spiro atoms. The van der Waals surface area contributed by atoms with Gasteiger partial charge < -0.3 is 15.1 Å². The summed E-state index contributed by atoms with van der Waals surface area (Å²) in [5.41, 5.74) is 3.26. The average molecular weight is 495 g/mol. The fourth-order valence-electron chi connectivity index (χ4n) is 4.80. The molecule has 4 aromatic rings. The van der Waals surface area contributed by atoms with Gasteiger partial charge in [0.25, 0.3) is 0 Å². The van der Waals surface area contributed by atoms with E-state index in [9.17, 15) is 4.79 Å². The Balaban J connectivity index is 1.23. The summed E-state index contributed by atoms with van der Waals surface area (Å²) in [6.45, 7) is 8.03. The molecule has 0 atom stereocenters. The maximum absolute atomic E-state index is 11.9. The molecule has 3 heterocycles. The quantitative estimate of drug-likeness (QED) is 0.386. The third kappa shape index (κ3) is 6.05. The highest BCUT2D eigenvalue weighted by atomic mass is 16.1. The topological polar surface area (TPSA) is 74.2 Å². The van der Waals surface area contributed by atoms with Crippen molar-refractivity contribution in [3.05, 3.63) is 89.7 Å². The lowest BCUT2D eigenvalue weighted by atomic mass is 10.0. The van der Waals surface area contributed by atoms with Crippen LogP contribution in [0.1, 0.15) is 37.1 Å². The number of fused-ring (bicyclic) bond motifs is 1. The highest BCUT2D eigenvalue weighted by Crippen LogP contribution is 2.28. The lowest BCUT2D eigenvalue weighted by Gasteiger charge is -2.36. The zero-order valence-electron chi connectivity index (χ0n) is 21.6. The third-order valence-corrected chi connectivity index (χ3v) is 6.75. The molecule has 0 unspecified atom stereocenters. The molecular formula is C30H34N6O. The van der Waals surface area contributed by atoms with E-state index in [0.29, 0.717) is 18.9 Å². The van der Waals surface area contributed by atoms with Crippen molar-refractivity contribution in [3.63, 3.8) is 0 Å². The summed E-state index contributed by atoms with van der Waals surface area (Å²) >= 11 is 0. The largest absolute Gasteiger partial charge is 0.353 e. The van der Waals surface area contributed by atoms with Crippen LogP contribution in [-0.2, 0) is 17.8 Å². The molecule has 1 aliphatic rings. The van der Waals surface area contributed by atoms with E-state index in [4.69, 9.17) is 5.10 Å². The molecule has 7 heteroatoms. The van der Waals surface area contributed by atoms with Crippen molar-refractivity contribution in [1.82, 2.24) is 20.5 Å². The second-order valence-electron chi connectivity index (χ2n) is 10.1. The predicted molar refractivity (Wildman–Crippen MR) is 149 cm³/mol. The van der Waals surface area contributed by atoms with Gasteiger partial charge in [-0.05, 0) is 23.1 Å². The second-order valence-corrected chi connectivity index (χ2v) is 10.1. The molecule has 190 valence electrons. The number of anilines is 2. The highest BCUT2D eigenvalue weighted by molar-refractivity contribution is 5.93. The first-order valence-corrected chi connectivity index (χ1v) is 13.1. The Labute approximate surface area is 218 Å². The van der Waals surface area contributed by atoms with E-state index in [0.717, 1.165) is 66.3 Å². The Morgan fingerprint density at radius 3 is 2.24 bits per heavy atom. The van der Waals surface area contributed by atoms with Crippen LogP contribution in [0.2, 0.25) is 0 Å². The standard InChI is InChI=1S/C30H34N6O/c1-22(2)18-29(37)32-21-24-12-13-28(31-20-24)35-14-16-36(17-15-35)30-26-11-7-6-10-25(26)27(33-34-30)19-23-8-4-3-5-9-23/h3-13,20,22H,14-19,21H2,1-2H3,(H,32,37). The number of pyridine rings is 1. The smallest absolute Gasteiger partial charge is 0.220 e. The minimum absolute atomic E-state index is 0.0823. The molecule has 37 heavy (non-hydrogen) atoms. The fourth-order valence-corrected chi connectivity index (χ4v) is 4.80. The number of hydrogen-bond acceptors (Lipinski definition) is 6. The number of nitrogens with one attached hydrogen (secondary N) is 1. The van der Waals surface area contributed by atoms with Gasteiger partial charge in [0.15, 0.2) is 5.82 Å². The number of carbonyl (C=O) groups is 1. The molecule has 5 rings (SSSR count). The van der Waals surface area contributed by atoms with Crippen molar-refractivity contribution in [2.75, 3.05) is 36.0 Å². The number of benzene rings is 2. The molecule has 1 fully saturated rings. The number of nitrogens with zero attached hydrogens (tertiary/aromatic N) is 5. The van der Waals surface area contributed by atoms with E-state index in [1.165, 1.54) is 5.56 Å². The summed E-state index contributed by atoms with van der Waals surface area (Å²) in [5, 5.41) is 14.6. The number of piperazine rings is 1. The summed E-state index contributed by atoms with van der Waals surface area (Å²) < 4.78 is 0. The van der Waals surface area contributed by atoms with Crippen molar-refractivity contribution >= 4 is 28.3 Å². The van der Waals surface area contributed by atoms with E-state index >= 15 is 0 Å². The van der Waals surface area contributed by atoms with Crippen LogP contribution >= 0.6 is 0 Å². The van der Waals surface area contributed by atoms with Crippen molar-refractivity contribution in [3.8, 4) is 0 Å². The van der Waals surface area contributed by atoms with Crippen molar-refractivity contribution in [2.24, 2.45) is 5.92 Å². The zero-order valence-corrected chi connectivity index (χ0v) is 21.6. The SMILES string of the molecule is CC(C)CC(=O)NCc1ccc(N2CCN(c3nnc(Cc4ccccc4)c4ccccc34)CC2)nc1.